The van der Waals surface area contributed by atoms with Crippen LogP contribution in [0.2, 0.25) is 5.02 Å². The number of ether oxygens (including phenoxy) is 1. The van der Waals surface area contributed by atoms with Crippen LogP contribution in [-0.2, 0) is 0 Å². The molecule has 1 saturated carbocycles. The third kappa shape index (κ3) is 5.15. The Kier molecular flexibility index (Phi) is 6.72. The molecule has 1 atom stereocenters. The van der Waals surface area contributed by atoms with Gasteiger partial charge in [0.2, 0.25) is 5.95 Å². The minimum atomic E-state index is -0.714. The highest BCUT2D eigenvalue weighted by Crippen LogP contribution is 2.40. The highest BCUT2D eigenvalue weighted by atomic mass is 35.5. The molecule has 0 aliphatic heterocycles. The topological polar surface area (TPSA) is 153 Å². The van der Waals surface area contributed by atoms with Crippen molar-refractivity contribution in [1.82, 2.24) is 34.5 Å². The second kappa shape index (κ2) is 10.5. The maximum atomic E-state index is 14.5. The van der Waals surface area contributed by atoms with E-state index in [0.29, 0.717) is 51.4 Å². The molecule has 0 radical (unpaired) electrons. The number of H-pyrrole nitrogens is 1. The Balaban J connectivity index is 1.44. The van der Waals surface area contributed by atoms with E-state index < -0.39 is 12.0 Å². The minimum Gasteiger partial charge on any atom is -0.495 e. The molecular weight excluding hydrogens is 549 g/mol. The van der Waals surface area contributed by atoms with Crippen LogP contribution in [0.3, 0.4) is 0 Å². The number of nitrogens with zero attached hydrogens (tertiary/aromatic N) is 7. The maximum Gasteiger partial charge on any atom is 0.252 e. The molecule has 1 aromatic carbocycles. The molecule has 0 bridgehead atoms. The molecule has 1 unspecified atom stereocenters. The predicted molar refractivity (Wildman–Crippen MR) is 149 cm³/mol. The summed E-state index contributed by atoms with van der Waals surface area (Å²) in [5, 5.41) is 17.5. The number of nitrogens with two attached hydrogens (primary N) is 1. The SMILES string of the molecule is COc1cn(C(CC2CC2)c2ncc(-c3ccc(N)nc3F)[nH]2)c(=O)cc1-c1cc(Cl)ccc1-n1cc(C#N)nn1. The van der Waals surface area contributed by atoms with Crippen LogP contribution in [0.5, 0.6) is 5.75 Å². The fourth-order valence-corrected chi connectivity index (χ4v) is 4.99. The van der Waals surface area contributed by atoms with Gasteiger partial charge in [-0.2, -0.15) is 9.65 Å². The summed E-state index contributed by atoms with van der Waals surface area (Å²) < 4.78 is 23.3. The van der Waals surface area contributed by atoms with Gasteiger partial charge in [0.15, 0.2) is 5.69 Å². The van der Waals surface area contributed by atoms with E-state index in [9.17, 15) is 14.4 Å². The number of rotatable bonds is 8. The van der Waals surface area contributed by atoms with Gasteiger partial charge in [0.1, 0.15) is 23.5 Å². The number of imidazole rings is 1. The molecule has 3 N–H and O–H groups in total. The van der Waals surface area contributed by atoms with Gasteiger partial charge < -0.3 is 20.0 Å². The van der Waals surface area contributed by atoms with E-state index >= 15 is 0 Å². The van der Waals surface area contributed by atoms with Gasteiger partial charge in [-0.25, -0.2) is 14.6 Å². The molecule has 0 spiro atoms. The zero-order valence-corrected chi connectivity index (χ0v) is 22.5. The Morgan fingerprint density at radius 3 is 2.76 bits per heavy atom. The Hall–Kier alpha value is -5.02. The number of nitrogens with one attached hydrogen (secondary N) is 1. The summed E-state index contributed by atoms with van der Waals surface area (Å²) in [6.07, 6.45) is 7.42. The van der Waals surface area contributed by atoms with Crippen LogP contribution in [0.25, 0.3) is 28.1 Å². The van der Waals surface area contributed by atoms with Crippen LogP contribution in [0.1, 0.15) is 36.8 Å². The average molecular weight is 572 g/mol. The molecule has 5 aromatic rings. The van der Waals surface area contributed by atoms with Crippen LogP contribution in [-0.4, -0.2) is 41.6 Å². The van der Waals surface area contributed by atoms with Crippen molar-refractivity contribution in [3.05, 3.63) is 87.8 Å². The number of nitrogen functional groups attached to an aromatic ring is 1. The number of hydrogen-bond donors (Lipinski definition) is 2. The maximum absolute atomic E-state index is 14.5. The standard InChI is InChI=1S/C28H23ClFN9O2/c1-41-24-14-38(23(8-15-2-3-15)28-33-12-21(34-28)18-5-7-25(32)35-27(18)30)26(40)10-20(24)19-9-16(29)4-6-22(19)39-13-17(11-31)36-37-39/h4-7,9-10,12-15,23H,2-3,8H2,1H3,(H2,32,35)(H,33,34). The smallest absolute Gasteiger partial charge is 0.252 e. The van der Waals surface area contributed by atoms with Gasteiger partial charge in [0.25, 0.3) is 5.56 Å². The molecule has 1 aliphatic carbocycles. The number of aromatic amines is 1. The molecule has 4 heterocycles. The van der Waals surface area contributed by atoms with Crippen molar-refractivity contribution in [2.75, 3.05) is 12.8 Å². The van der Waals surface area contributed by atoms with Crippen molar-refractivity contribution in [3.8, 4) is 39.9 Å². The molecule has 6 rings (SSSR count). The minimum absolute atomic E-state index is 0.0773. The Morgan fingerprint density at radius 2 is 2.05 bits per heavy atom. The van der Waals surface area contributed by atoms with Crippen molar-refractivity contribution in [1.29, 1.82) is 5.26 Å². The molecule has 4 aromatic heterocycles. The lowest BCUT2D eigenvalue weighted by Gasteiger charge is -2.21. The summed E-state index contributed by atoms with van der Waals surface area (Å²) in [4.78, 5) is 25.1. The molecule has 206 valence electrons. The van der Waals surface area contributed by atoms with Crippen molar-refractivity contribution < 1.29 is 9.13 Å². The summed E-state index contributed by atoms with van der Waals surface area (Å²) >= 11 is 6.35. The monoisotopic (exact) mass is 571 g/mol. The molecule has 13 heteroatoms. The van der Waals surface area contributed by atoms with Crippen LogP contribution in [0.15, 0.2) is 59.8 Å². The number of nitriles is 1. The first-order valence-corrected chi connectivity index (χ1v) is 13.1. The first-order chi connectivity index (χ1) is 19.8. The Morgan fingerprint density at radius 1 is 1.22 bits per heavy atom. The van der Waals surface area contributed by atoms with Crippen LogP contribution in [0, 0.1) is 23.2 Å². The second-order valence-electron chi connectivity index (χ2n) is 9.77. The van der Waals surface area contributed by atoms with Crippen LogP contribution >= 0.6 is 11.6 Å². The lowest BCUT2D eigenvalue weighted by molar-refractivity contribution is 0.400. The zero-order chi connectivity index (χ0) is 28.7. The van der Waals surface area contributed by atoms with Gasteiger partial charge >= 0.3 is 0 Å². The molecule has 0 saturated heterocycles. The van der Waals surface area contributed by atoms with E-state index in [0.717, 1.165) is 12.8 Å². The van der Waals surface area contributed by atoms with Crippen LogP contribution in [0.4, 0.5) is 10.2 Å². The normalized spacial score (nSPS) is 13.6. The van der Waals surface area contributed by atoms with E-state index in [4.69, 9.17) is 22.1 Å². The Labute approximate surface area is 238 Å². The first-order valence-electron chi connectivity index (χ1n) is 12.7. The van der Waals surface area contributed by atoms with E-state index in [1.807, 2.05) is 6.07 Å². The van der Waals surface area contributed by atoms with Crippen molar-refractivity contribution in [2.45, 2.75) is 25.3 Å². The van der Waals surface area contributed by atoms with Gasteiger partial charge in [0.05, 0.1) is 48.7 Å². The fraction of sp³-hybridized carbons (Fsp3) is 0.214. The number of anilines is 1. The highest BCUT2D eigenvalue weighted by Gasteiger charge is 2.30. The fourth-order valence-electron chi connectivity index (χ4n) is 4.82. The lowest BCUT2D eigenvalue weighted by Crippen LogP contribution is -2.26. The molecule has 1 aliphatic rings. The quantitative estimate of drug-likeness (QED) is 0.258. The number of halogens is 2. The molecule has 1 fully saturated rings. The number of aromatic nitrogens is 7. The van der Waals surface area contributed by atoms with Crippen molar-refractivity contribution in [3.63, 3.8) is 0 Å². The number of hydrogen-bond acceptors (Lipinski definition) is 8. The molecular formula is C28H23ClFN9O2. The van der Waals surface area contributed by atoms with E-state index in [2.05, 4.69) is 25.3 Å². The van der Waals surface area contributed by atoms with Crippen molar-refractivity contribution in [2.24, 2.45) is 5.92 Å². The largest absolute Gasteiger partial charge is 0.495 e. The second-order valence-corrected chi connectivity index (χ2v) is 10.2. The van der Waals surface area contributed by atoms with Gasteiger partial charge in [0, 0.05) is 22.2 Å². The third-order valence-corrected chi connectivity index (χ3v) is 7.26. The van der Waals surface area contributed by atoms with Gasteiger partial charge in [-0.05, 0) is 42.7 Å². The average Bonchev–Trinajstić information content (AvgIpc) is 3.43. The predicted octanol–water partition coefficient (Wildman–Crippen LogP) is 4.53. The molecule has 0 amide bonds. The third-order valence-electron chi connectivity index (χ3n) is 7.03. The van der Waals surface area contributed by atoms with E-state index in [1.165, 1.54) is 42.4 Å². The summed E-state index contributed by atoms with van der Waals surface area (Å²) in [5.41, 5.74) is 7.71. The Bertz CT molecular complexity index is 1870. The molecule has 41 heavy (non-hydrogen) atoms. The number of benzene rings is 1. The first kappa shape index (κ1) is 26.2. The summed E-state index contributed by atoms with van der Waals surface area (Å²) in [6, 6.07) is 11.1. The van der Waals surface area contributed by atoms with Gasteiger partial charge in [-0.15, -0.1) is 5.10 Å². The van der Waals surface area contributed by atoms with Gasteiger partial charge in [-0.3, -0.25) is 4.79 Å². The molecule has 11 nitrogen and oxygen atoms in total. The van der Waals surface area contributed by atoms with E-state index in [-0.39, 0.29) is 22.6 Å². The summed E-state index contributed by atoms with van der Waals surface area (Å²) in [6.45, 7) is 0. The van der Waals surface area contributed by atoms with Gasteiger partial charge in [-0.1, -0.05) is 29.7 Å². The van der Waals surface area contributed by atoms with Crippen LogP contribution < -0.4 is 16.0 Å². The zero-order valence-electron chi connectivity index (χ0n) is 21.8. The lowest BCUT2D eigenvalue weighted by atomic mass is 10.0. The van der Waals surface area contributed by atoms with E-state index in [1.54, 1.807) is 29.0 Å². The highest BCUT2D eigenvalue weighted by molar-refractivity contribution is 6.31. The number of methoxy groups -OCH3 is 1. The summed E-state index contributed by atoms with van der Waals surface area (Å²) in [5.74, 6) is 0.717. The van der Waals surface area contributed by atoms with Crippen molar-refractivity contribution >= 4 is 17.4 Å². The number of pyridine rings is 2. The summed E-state index contributed by atoms with van der Waals surface area (Å²) in [7, 11) is 1.51.